The number of imidazole rings is 1. The second kappa shape index (κ2) is 3.31. The van der Waals surface area contributed by atoms with Gasteiger partial charge in [0.2, 0.25) is 0 Å². The highest BCUT2D eigenvalue weighted by molar-refractivity contribution is 5.19. The summed E-state index contributed by atoms with van der Waals surface area (Å²) in [7, 11) is 1.91. The Kier molecular flexibility index (Phi) is 2.13. The number of furan rings is 1. The molecule has 2 rings (SSSR count). The van der Waals surface area contributed by atoms with Crippen LogP contribution in [0.2, 0.25) is 0 Å². The van der Waals surface area contributed by atoms with Crippen LogP contribution in [0.3, 0.4) is 0 Å². The van der Waals surface area contributed by atoms with E-state index in [-0.39, 0.29) is 6.04 Å². The molecule has 2 aromatic rings. The second-order valence-electron chi connectivity index (χ2n) is 3.39. The molecule has 0 amide bonds. The first-order chi connectivity index (χ1) is 6.66. The van der Waals surface area contributed by atoms with Gasteiger partial charge in [-0.1, -0.05) is 0 Å². The molecule has 0 saturated carbocycles. The number of aromatic nitrogens is 2. The van der Waals surface area contributed by atoms with Crippen molar-refractivity contribution in [2.45, 2.75) is 13.0 Å². The molecule has 4 heteroatoms. The van der Waals surface area contributed by atoms with Crippen LogP contribution in [0.15, 0.2) is 29.1 Å². The van der Waals surface area contributed by atoms with Crippen molar-refractivity contribution >= 4 is 0 Å². The number of nitrogens with zero attached hydrogens (tertiary/aromatic N) is 2. The fourth-order valence-corrected chi connectivity index (χ4v) is 1.36. The summed E-state index contributed by atoms with van der Waals surface area (Å²) in [6.07, 6.45) is 3.62. The molecule has 0 bridgehead atoms. The Morgan fingerprint density at radius 2 is 2.29 bits per heavy atom. The molecule has 0 aliphatic rings. The number of nitrogens with two attached hydrogens (primary N) is 1. The van der Waals surface area contributed by atoms with Crippen molar-refractivity contribution in [3.8, 4) is 0 Å². The summed E-state index contributed by atoms with van der Waals surface area (Å²) >= 11 is 0. The van der Waals surface area contributed by atoms with Crippen molar-refractivity contribution in [1.82, 2.24) is 9.55 Å². The maximum absolute atomic E-state index is 5.97. The van der Waals surface area contributed by atoms with Crippen molar-refractivity contribution in [2.24, 2.45) is 12.8 Å². The van der Waals surface area contributed by atoms with Crippen LogP contribution in [0.4, 0.5) is 0 Å². The molecule has 74 valence electrons. The van der Waals surface area contributed by atoms with Crippen LogP contribution < -0.4 is 5.73 Å². The minimum Gasteiger partial charge on any atom is -0.464 e. The van der Waals surface area contributed by atoms with Crippen LogP contribution in [0.1, 0.15) is 23.3 Å². The van der Waals surface area contributed by atoms with Gasteiger partial charge in [-0.2, -0.15) is 0 Å². The maximum atomic E-state index is 5.97. The summed E-state index contributed by atoms with van der Waals surface area (Å²) in [6.45, 7) is 1.90. The van der Waals surface area contributed by atoms with Crippen LogP contribution in [-0.4, -0.2) is 9.55 Å². The quantitative estimate of drug-likeness (QED) is 0.780. The summed E-state index contributed by atoms with van der Waals surface area (Å²) in [6, 6.07) is 3.51. The van der Waals surface area contributed by atoms with Crippen LogP contribution in [0, 0.1) is 6.92 Å². The first-order valence-electron chi connectivity index (χ1n) is 4.46. The van der Waals surface area contributed by atoms with Crippen molar-refractivity contribution in [2.75, 3.05) is 0 Å². The van der Waals surface area contributed by atoms with Crippen molar-refractivity contribution in [3.05, 3.63) is 41.9 Å². The van der Waals surface area contributed by atoms with E-state index in [4.69, 9.17) is 10.2 Å². The van der Waals surface area contributed by atoms with E-state index < -0.39 is 0 Å². The second-order valence-corrected chi connectivity index (χ2v) is 3.39. The molecule has 1 atom stereocenters. The summed E-state index contributed by atoms with van der Waals surface area (Å²) in [4.78, 5) is 4.18. The number of aryl methyl sites for hydroxylation is 2. The standard InChI is InChI=1S/C10H13N3O/c1-7-3-4-9(14-7)10(11)8-5-13(2)6-12-8/h3-6,10H,11H2,1-2H3. The van der Waals surface area contributed by atoms with Crippen molar-refractivity contribution in [1.29, 1.82) is 0 Å². The Hall–Kier alpha value is -1.55. The van der Waals surface area contributed by atoms with Gasteiger partial charge in [-0.3, -0.25) is 0 Å². The van der Waals surface area contributed by atoms with Crippen LogP contribution >= 0.6 is 0 Å². The highest BCUT2D eigenvalue weighted by atomic mass is 16.3. The Balaban J connectivity index is 2.28. The first-order valence-corrected chi connectivity index (χ1v) is 4.46. The lowest BCUT2D eigenvalue weighted by Crippen LogP contribution is -2.11. The Labute approximate surface area is 82.4 Å². The average molecular weight is 191 g/mol. The lowest BCUT2D eigenvalue weighted by atomic mass is 10.2. The van der Waals surface area contributed by atoms with Crippen LogP contribution in [0.5, 0.6) is 0 Å². The van der Waals surface area contributed by atoms with Crippen molar-refractivity contribution < 1.29 is 4.42 Å². The van der Waals surface area contributed by atoms with E-state index in [0.717, 1.165) is 17.2 Å². The molecular formula is C10H13N3O. The summed E-state index contributed by atoms with van der Waals surface area (Å²) < 4.78 is 7.30. The van der Waals surface area contributed by atoms with Gasteiger partial charge in [0, 0.05) is 13.2 Å². The van der Waals surface area contributed by atoms with E-state index in [1.165, 1.54) is 0 Å². The zero-order chi connectivity index (χ0) is 10.1. The molecule has 0 saturated heterocycles. The van der Waals surface area contributed by atoms with Crippen LogP contribution in [-0.2, 0) is 7.05 Å². The van der Waals surface area contributed by atoms with Gasteiger partial charge >= 0.3 is 0 Å². The summed E-state index contributed by atoms with van der Waals surface area (Å²) in [5.41, 5.74) is 6.79. The molecule has 0 aromatic carbocycles. The predicted octanol–water partition coefficient (Wildman–Crippen LogP) is 1.37. The molecule has 2 aromatic heterocycles. The minimum absolute atomic E-state index is 0.273. The molecule has 0 radical (unpaired) electrons. The number of hydrogen-bond donors (Lipinski definition) is 1. The van der Waals surface area contributed by atoms with Gasteiger partial charge in [-0.25, -0.2) is 4.98 Å². The zero-order valence-electron chi connectivity index (χ0n) is 8.27. The highest BCUT2D eigenvalue weighted by Gasteiger charge is 2.14. The first kappa shape index (κ1) is 9.02. The zero-order valence-corrected chi connectivity index (χ0v) is 8.27. The third kappa shape index (κ3) is 1.56. The molecule has 0 aliphatic heterocycles. The van der Waals surface area contributed by atoms with E-state index in [1.54, 1.807) is 6.33 Å². The summed E-state index contributed by atoms with van der Waals surface area (Å²) in [5, 5.41) is 0. The van der Waals surface area contributed by atoms with Gasteiger partial charge in [-0.15, -0.1) is 0 Å². The SMILES string of the molecule is Cc1ccc(C(N)c2cn(C)cn2)o1. The fraction of sp³-hybridized carbons (Fsp3) is 0.300. The van der Waals surface area contributed by atoms with Gasteiger partial charge < -0.3 is 14.7 Å². The van der Waals surface area contributed by atoms with E-state index >= 15 is 0 Å². The van der Waals surface area contributed by atoms with E-state index in [2.05, 4.69) is 4.98 Å². The molecule has 1 unspecified atom stereocenters. The monoisotopic (exact) mass is 191 g/mol. The molecule has 0 spiro atoms. The van der Waals surface area contributed by atoms with Gasteiger partial charge in [0.1, 0.15) is 17.6 Å². The molecule has 2 heterocycles. The third-order valence-electron chi connectivity index (χ3n) is 2.11. The molecule has 0 fully saturated rings. The van der Waals surface area contributed by atoms with E-state index in [9.17, 15) is 0 Å². The predicted molar refractivity (Wildman–Crippen MR) is 52.7 cm³/mol. The van der Waals surface area contributed by atoms with Gasteiger partial charge in [0.05, 0.1) is 12.0 Å². The van der Waals surface area contributed by atoms with E-state index in [0.29, 0.717) is 0 Å². The molecular weight excluding hydrogens is 178 g/mol. The van der Waals surface area contributed by atoms with Gasteiger partial charge in [-0.05, 0) is 19.1 Å². The lowest BCUT2D eigenvalue weighted by molar-refractivity contribution is 0.464. The number of rotatable bonds is 2. The lowest BCUT2D eigenvalue weighted by Gasteiger charge is -2.04. The smallest absolute Gasteiger partial charge is 0.127 e. The highest BCUT2D eigenvalue weighted by Crippen LogP contribution is 2.19. The molecule has 4 nitrogen and oxygen atoms in total. The van der Waals surface area contributed by atoms with E-state index in [1.807, 2.05) is 36.9 Å². The molecule has 2 N–H and O–H groups in total. The largest absolute Gasteiger partial charge is 0.464 e. The Morgan fingerprint density at radius 1 is 1.50 bits per heavy atom. The maximum Gasteiger partial charge on any atom is 0.127 e. The Morgan fingerprint density at radius 3 is 2.79 bits per heavy atom. The van der Waals surface area contributed by atoms with Gasteiger partial charge in [0.15, 0.2) is 0 Å². The fourth-order valence-electron chi connectivity index (χ4n) is 1.36. The van der Waals surface area contributed by atoms with Gasteiger partial charge in [0.25, 0.3) is 0 Å². The number of hydrogen-bond acceptors (Lipinski definition) is 3. The van der Waals surface area contributed by atoms with Crippen LogP contribution in [0.25, 0.3) is 0 Å². The normalized spacial score (nSPS) is 13.1. The van der Waals surface area contributed by atoms with Crippen molar-refractivity contribution in [3.63, 3.8) is 0 Å². The average Bonchev–Trinajstić information content (AvgIpc) is 2.73. The third-order valence-corrected chi connectivity index (χ3v) is 2.11. The molecule has 14 heavy (non-hydrogen) atoms. The molecule has 0 aliphatic carbocycles. The minimum atomic E-state index is -0.273. The topological polar surface area (TPSA) is 57.0 Å². The Bertz CT molecular complexity index is 390. The summed E-state index contributed by atoms with van der Waals surface area (Å²) in [5.74, 6) is 1.62.